The van der Waals surface area contributed by atoms with Crippen molar-refractivity contribution in [3.05, 3.63) is 21.4 Å². The molecule has 1 aliphatic rings. The summed E-state index contributed by atoms with van der Waals surface area (Å²) in [7, 11) is 0. The molecule has 2 rings (SSSR count). The monoisotopic (exact) mass is 283 g/mol. The summed E-state index contributed by atoms with van der Waals surface area (Å²) in [5.41, 5.74) is 0.515. The van der Waals surface area contributed by atoms with Crippen molar-refractivity contribution in [1.29, 1.82) is 0 Å². The molecule has 5 nitrogen and oxygen atoms in total. The highest BCUT2D eigenvalue weighted by atomic mass is 32.1. The van der Waals surface area contributed by atoms with Crippen molar-refractivity contribution in [2.75, 3.05) is 6.54 Å². The van der Waals surface area contributed by atoms with Gasteiger partial charge in [-0.05, 0) is 38.8 Å². The smallest absolute Gasteiger partial charge is 0.410 e. The number of rotatable bonds is 1. The van der Waals surface area contributed by atoms with Crippen LogP contribution in [0.5, 0.6) is 0 Å². The number of nitrogens with zero attached hydrogens (tertiary/aromatic N) is 1. The largest absolute Gasteiger partial charge is 0.477 e. The summed E-state index contributed by atoms with van der Waals surface area (Å²) in [5, 5.41) is 8.97. The van der Waals surface area contributed by atoms with Gasteiger partial charge in [-0.25, -0.2) is 9.59 Å². The maximum Gasteiger partial charge on any atom is 0.410 e. The molecule has 19 heavy (non-hydrogen) atoms. The lowest BCUT2D eigenvalue weighted by molar-refractivity contribution is 0.0226. The summed E-state index contributed by atoms with van der Waals surface area (Å²) in [6.45, 7) is 6.48. The summed E-state index contributed by atoms with van der Waals surface area (Å²) in [6.07, 6.45) is 0.335. The highest BCUT2D eigenvalue weighted by molar-refractivity contribution is 7.14. The fraction of sp³-hybridized carbons (Fsp3) is 0.538. The molecule has 1 aliphatic heterocycles. The number of aromatic carboxylic acids is 1. The van der Waals surface area contributed by atoms with E-state index in [2.05, 4.69) is 0 Å². The first-order chi connectivity index (χ1) is 8.76. The molecule has 0 radical (unpaired) electrons. The average Bonchev–Trinajstić information content (AvgIpc) is 2.69. The molecular formula is C13H17NO4S. The molecule has 0 saturated carbocycles. The predicted octanol–water partition coefficient (Wildman–Crippen LogP) is 2.74. The molecule has 0 fully saturated rings. The zero-order valence-corrected chi connectivity index (χ0v) is 12.0. The number of amides is 1. The predicted molar refractivity (Wildman–Crippen MR) is 71.6 cm³/mol. The molecule has 2 heterocycles. The van der Waals surface area contributed by atoms with E-state index in [-0.39, 0.29) is 6.09 Å². The Labute approximate surface area is 115 Å². The molecule has 1 aromatic heterocycles. The molecule has 0 unspecified atom stereocenters. The highest BCUT2D eigenvalue weighted by Gasteiger charge is 2.27. The van der Waals surface area contributed by atoms with Crippen LogP contribution in [0.4, 0.5) is 4.79 Å². The summed E-state index contributed by atoms with van der Waals surface area (Å²) in [4.78, 5) is 25.8. The van der Waals surface area contributed by atoms with Gasteiger partial charge in [0.25, 0.3) is 0 Å². The first kappa shape index (κ1) is 13.9. The van der Waals surface area contributed by atoms with Crippen LogP contribution in [0.15, 0.2) is 6.07 Å². The van der Waals surface area contributed by atoms with Gasteiger partial charge in [0, 0.05) is 11.4 Å². The van der Waals surface area contributed by atoms with Crippen LogP contribution in [0.3, 0.4) is 0 Å². The number of carbonyl (C=O) groups excluding carboxylic acids is 1. The van der Waals surface area contributed by atoms with E-state index in [4.69, 9.17) is 9.84 Å². The Bertz CT molecular complexity index is 515. The van der Waals surface area contributed by atoms with Gasteiger partial charge in [0.15, 0.2) is 0 Å². The van der Waals surface area contributed by atoms with Gasteiger partial charge in [0.05, 0.1) is 6.54 Å². The molecule has 0 atom stereocenters. The minimum absolute atomic E-state index is 0.330. The second-order valence-corrected chi connectivity index (χ2v) is 6.65. The lowest BCUT2D eigenvalue weighted by Gasteiger charge is -2.29. The standard InChI is InChI=1S/C13H17NO4S/c1-13(2,3)18-12(17)14-5-4-8-6-9(11(15)16)19-10(8)7-14/h6H,4-5,7H2,1-3H3,(H,15,16). The topological polar surface area (TPSA) is 66.8 Å². The Morgan fingerprint density at radius 2 is 2.11 bits per heavy atom. The summed E-state index contributed by atoms with van der Waals surface area (Å²) in [5.74, 6) is -0.914. The van der Waals surface area contributed by atoms with Gasteiger partial charge >= 0.3 is 12.1 Å². The van der Waals surface area contributed by atoms with E-state index in [0.717, 1.165) is 10.4 Å². The van der Waals surface area contributed by atoms with Gasteiger partial charge < -0.3 is 14.7 Å². The normalized spacial score (nSPS) is 15.0. The number of hydrogen-bond donors (Lipinski definition) is 1. The summed E-state index contributed by atoms with van der Waals surface area (Å²) >= 11 is 1.23. The van der Waals surface area contributed by atoms with E-state index in [1.165, 1.54) is 11.3 Å². The molecular weight excluding hydrogens is 266 g/mol. The second kappa shape index (κ2) is 4.85. The minimum Gasteiger partial charge on any atom is -0.477 e. The number of carbonyl (C=O) groups is 2. The Kier molecular flexibility index (Phi) is 3.54. The lowest BCUT2D eigenvalue weighted by Crippen LogP contribution is -2.39. The van der Waals surface area contributed by atoms with Gasteiger partial charge in [0.1, 0.15) is 10.5 Å². The zero-order chi connectivity index (χ0) is 14.2. The number of carboxylic acids is 1. The SMILES string of the molecule is CC(C)(C)OC(=O)N1CCc2cc(C(=O)O)sc2C1. The van der Waals surface area contributed by atoms with E-state index in [1.54, 1.807) is 11.0 Å². The van der Waals surface area contributed by atoms with Crippen LogP contribution in [0.2, 0.25) is 0 Å². The van der Waals surface area contributed by atoms with Gasteiger partial charge in [-0.2, -0.15) is 0 Å². The Balaban J connectivity index is 2.09. The third-order valence-corrected chi connectivity index (χ3v) is 3.89. The van der Waals surface area contributed by atoms with E-state index in [0.29, 0.717) is 24.4 Å². The molecule has 1 amide bonds. The van der Waals surface area contributed by atoms with Crippen LogP contribution in [0.25, 0.3) is 0 Å². The maximum atomic E-state index is 12.0. The van der Waals surface area contributed by atoms with Crippen LogP contribution < -0.4 is 0 Å². The van der Waals surface area contributed by atoms with Crippen molar-refractivity contribution in [3.63, 3.8) is 0 Å². The molecule has 0 saturated heterocycles. The number of carboxylic acid groups (broad SMARTS) is 1. The van der Waals surface area contributed by atoms with E-state index < -0.39 is 11.6 Å². The summed E-state index contributed by atoms with van der Waals surface area (Å²) in [6, 6.07) is 1.70. The first-order valence-corrected chi connectivity index (χ1v) is 6.91. The van der Waals surface area contributed by atoms with Crippen LogP contribution in [-0.4, -0.2) is 34.2 Å². The van der Waals surface area contributed by atoms with Crippen LogP contribution in [0.1, 0.15) is 40.9 Å². The van der Waals surface area contributed by atoms with Crippen molar-refractivity contribution in [2.45, 2.75) is 39.3 Å². The van der Waals surface area contributed by atoms with Crippen molar-refractivity contribution in [3.8, 4) is 0 Å². The quantitative estimate of drug-likeness (QED) is 0.860. The molecule has 0 aliphatic carbocycles. The summed E-state index contributed by atoms with van der Waals surface area (Å²) < 4.78 is 5.32. The van der Waals surface area contributed by atoms with Gasteiger partial charge in [0.2, 0.25) is 0 Å². The molecule has 0 bridgehead atoms. The zero-order valence-electron chi connectivity index (χ0n) is 11.2. The molecule has 104 valence electrons. The lowest BCUT2D eigenvalue weighted by atomic mass is 10.1. The maximum absolute atomic E-state index is 12.0. The van der Waals surface area contributed by atoms with Crippen LogP contribution >= 0.6 is 11.3 Å². The number of thiophene rings is 1. The average molecular weight is 283 g/mol. The molecule has 6 heteroatoms. The first-order valence-electron chi connectivity index (χ1n) is 6.09. The Morgan fingerprint density at radius 3 is 2.68 bits per heavy atom. The molecule has 0 aromatic carbocycles. The molecule has 1 aromatic rings. The fourth-order valence-corrected chi connectivity index (χ4v) is 2.97. The molecule has 0 spiro atoms. The van der Waals surface area contributed by atoms with Crippen molar-refractivity contribution in [1.82, 2.24) is 4.90 Å². The fourth-order valence-electron chi connectivity index (χ4n) is 1.91. The number of hydrogen-bond acceptors (Lipinski definition) is 4. The minimum atomic E-state index is -0.914. The Hall–Kier alpha value is -1.56. The van der Waals surface area contributed by atoms with Crippen molar-refractivity contribution < 1.29 is 19.4 Å². The molecule has 1 N–H and O–H groups in total. The van der Waals surface area contributed by atoms with Gasteiger partial charge in [-0.15, -0.1) is 11.3 Å². The number of fused-ring (bicyclic) bond motifs is 1. The second-order valence-electron chi connectivity index (χ2n) is 5.52. The van der Waals surface area contributed by atoms with E-state index >= 15 is 0 Å². The Morgan fingerprint density at radius 1 is 1.42 bits per heavy atom. The van der Waals surface area contributed by atoms with E-state index in [9.17, 15) is 9.59 Å². The highest BCUT2D eigenvalue weighted by Crippen LogP contribution is 2.29. The van der Waals surface area contributed by atoms with Crippen LogP contribution in [-0.2, 0) is 17.7 Å². The third-order valence-electron chi connectivity index (χ3n) is 2.74. The number of ether oxygens (including phenoxy) is 1. The van der Waals surface area contributed by atoms with E-state index in [1.807, 2.05) is 20.8 Å². The van der Waals surface area contributed by atoms with Crippen LogP contribution in [0, 0.1) is 0 Å². The third kappa shape index (κ3) is 3.26. The van der Waals surface area contributed by atoms with Crippen molar-refractivity contribution in [2.24, 2.45) is 0 Å². The van der Waals surface area contributed by atoms with Gasteiger partial charge in [-0.3, -0.25) is 0 Å². The van der Waals surface area contributed by atoms with Crippen molar-refractivity contribution >= 4 is 23.4 Å². The van der Waals surface area contributed by atoms with Gasteiger partial charge in [-0.1, -0.05) is 0 Å².